The van der Waals surface area contributed by atoms with Gasteiger partial charge in [-0.25, -0.2) is 14.4 Å². The SMILES string of the molecule is Nc1nc(C(=O)N2Cc3ccccc3C2)c2cc(C(NCCc3ccc(F)cc3)C(=O)O)ccc2n1. The predicted octanol–water partition coefficient (Wildman–Crippen LogP) is 3.47. The van der Waals surface area contributed by atoms with Gasteiger partial charge in [-0.3, -0.25) is 9.59 Å². The van der Waals surface area contributed by atoms with Gasteiger partial charge in [-0.05, 0) is 52.9 Å². The van der Waals surface area contributed by atoms with Crippen molar-refractivity contribution in [3.8, 4) is 0 Å². The summed E-state index contributed by atoms with van der Waals surface area (Å²) in [6.45, 7) is 1.28. The van der Waals surface area contributed by atoms with Gasteiger partial charge < -0.3 is 21.1 Å². The normalized spacial score (nSPS) is 13.5. The number of benzene rings is 3. The van der Waals surface area contributed by atoms with Crippen LogP contribution in [0.5, 0.6) is 0 Å². The maximum atomic E-state index is 13.5. The van der Waals surface area contributed by atoms with E-state index < -0.39 is 12.0 Å². The molecule has 9 heteroatoms. The monoisotopic (exact) mass is 485 g/mol. The quantitative estimate of drug-likeness (QED) is 0.366. The Labute approximate surface area is 206 Å². The van der Waals surface area contributed by atoms with E-state index >= 15 is 0 Å². The number of aromatic nitrogens is 2. The molecular formula is C27H24FN5O3. The fraction of sp³-hybridized carbons (Fsp3) is 0.185. The topological polar surface area (TPSA) is 121 Å². The number of fused-ring (bicyclic) bond motifs is 2. The lowest BCUT2D eigenvalue weighted by atomic mass is 10.0. The number of amides is 1. The number of anilines is 1. The van der Waals surface area contributed by atoms with Gasteiger partial charge in [-0.15, -0.1) is 0 Å². The number of nitrogen functional groups attached to an aromatic ring is 1. The van der Waals surface area contributed by atoms with Crippen molar-refractivity contribution in [2.75, 3.05) is 12.3 Å². The molecule has 36 heavy (non-hydrogen) atoms. The Morgan fingerprint density at radius 3 is 2.39 bits per heavy atom. The second-order valence-electron chi connectivity index (χ2n) is 8.74. The zero-order valence-electron chi connectivity index (χ0n) is 19.3. The van der Waals surface area contributed by atoms with Gasteiger partial charge in [0.15, 0.2) is 0 Å². The highest BCUT2D eigenvalue weighted by atomic mass is 19.1. The summed E-state index contributed by atoms with van der Waals surface area (Å²) >= 11 is 0. The van der Waals surface area contributed by atoms with Crippen molar-refractivity contribution >= 4 is 28.7 Å². The number of nitrogens with one attached hydrogen (secondary N) is 1. The number of carboxylic acid groups (broad SMARTS) is 1. The summed E-state index contributed by atoms with van der Waals surface area (Å²) in [6, 6.07) is 17.8. The van der Waals surface area contributed by atoms with E-state index in [1.165, 1.54) is 12.1 Å². The number of carbonyl (C=O) groups excluding carboxylic acids is 1. The van der Waals surface area contributed by atoms with Crippen LogP contribution < -0.4 is 11.1 Å². The van der Waals surface area contributed by atoms with Crippen LogP contribution in [-0.4, -0.2) is 38.4 Å². The zero-order valence-corrected chi connectivity index (χ0v) is 19.3. The van der Waals surface area contributed by atoms with E-state index in [2.05, 4.69) is 15.3 Å². The maximum Gasteiger partial charge on any atom is 0.325 e. The third-order valence-corrected chi connectivity index (χ3v) is 6.32. The molecule has 0 fully saturated rings. The highest BCUT2D eigenvalue weighted by Crippen LogP contribution is 2.28. The first-order valence-corrected chi connectivity index (χ1v) is 11.5. The van der Waals surface area contributed by atoms with Crippen molar-refractivity contribution in [2.24, 2.45) is 0 Å². The van der Waals surface area contributed by atoms with E-state index in [9.17, 15) is 19.1 Å². The molecule has 1 aliphatic heterocycles. The van der Waals surface area contributed by atoms with E-state index in [4.69, 9.17) is 5.73 Å². The standard InChI is InChI=1S/C27H24FN5O3/c28-20-8-5-16(6-9-20)11-12-30-23(26(35)36)17-7-10-22-21(13-17)24(32-27(29)31-22)25(34)33-14-18-3-1-2-4-19(18)15-33/h1-10,13,23,30H,11-12,14-15H2,(H,35,36)(H2,29,31,32). The molecule has 0 bridgehead atoms. The number of carbonyl (C=O) groups is 2. The average molecular weight is 486 g/mol. The fourth-order valence-electron chi connectivity index (χ4n) is 4.49. The van der Waals surface area contributed by atoms with Crippen LogP contribution in [0.2, 0.25) is 0 Å². The molecule has 1 unspecified atom stereocenters. The van der Waals surface area contributed by atoms with E-state index in [0.29, 0.717) is 42.5 Å². The number of hydrogen-bond acceptors (Lipinski definition) is 6. The molecular weight excluding hydrogens is 461 g/mol. The Morgan fingerprint density at radius 2 is 1.72 bits per heavy atom. The molecule has 0 spiro atoms. The van der Waals surface area contributed by atoms with E-state index in [0.717, 1.165) is 16.7 Å². The number of nitrogens with zero attached hydrogens (tertiary/aromatic N) is 3. The number of rotatable bonds is 7. The van der Waals surface area contributed by atoms with Gasteiger partial charge in [0.05, 0.1) is 5.52 Å². The average Bonchev–Trinajstić information content (AvgIpc) is 3.31. The van der Waals surface area contributed by atoms with Crippen LogP contribution in [0.25, 0.3) is 10.9 Å². The number of hydrogen-bond donors (Lipinski definition) is 3. The first kappa shape index (κ1) is 23.4. The summed E-state index contributed by atoms with van der Waals surface area (Å²) in [7, 11) is 0. The van der Waals surface area contributed by atoms with E-state index in [1.54, 1.807) is 35.2 Å². The van der Waals surface area contributed by atoms with E-state index in [1.807, 2.05) is 24.3 Å². The summed E-state index contributed by atoms with van der Waals surface area (Å²) in [4.78, 5) is 35.7. The molecule has 4 aromatic rings. The summed E-state index contributed by atoms with van der Waals surface area (Å²) in [5, 5.41) is 13.4. The van der Waals surface area contributed by atoms with E-state index in [-0.39, 0.29) is 23.4 Å². The molecule has 0 saturated carbocycles. The molecule has 2 heterocycles. The second kappa shape index (κ2) is 9.71. The maximum absolute atomic E-state index is 13.5. The third-order valence-electron chi connectivity index (χ3n) is 6.32. The molecule has 3 aromatic carbocycles. The molecule has 0 radical (unpaired) electrons. The Hall–Kier alpha value is -4.37. The van der Waals surface area contributed by atoms with Gasteiger partial charge in [0.25, 0.3) is 5.91 Å². The van der Waals surface area contributed by atoms with Crippen LogP contribution in [0.1, 0.15) is 38.8 Å². The number of halogens is 1. The molecule has 182 valence electrons. The lowest BCUT2D eigenvalue weighted by Gasteiger charge is -2.18. The first-order chi connectivity index (χ1) is 17.4. The minimum Gasteiger partial charge on any atom is -0.480 e. The van der Waals surface area contributed by atoms with Crippen LogP contribution in [-0.2, 0) is 24.3 Å². The second-order valence-corrected chi connectivity index (χ2v) is 8.74. The summed E-state index contributed by atoms with van der Waals surface area (Å²) in [5.41, 5.74) is 10.00. The van der Waals surface area contributed by atoms with Gasteiger partial charge in [0.1, 0.15) is 17.6 Å². The molecule has 5 rings (SSSR count). The number of nitrogens with two attached hydrogens (primary N) is 1. The Kier molecular flexibility index (Phi) is 6.30. The van der Waals surface area contributed by atoms with Crippen molar-refractivity contribution in [3.63, 3.8) is 0 Å². The zero-order chi connectivity index (χ0) is 25.2. The molecule has 4 N–H and O–H groups in total. The van der Waals surface area contributed by atoms with Gasteiger partial charge in [0.2, 0.25) is 5.95 Å². The molecule has 0 saturated heterocycles. The van der Waals surface area contributed by atoms with Crippen molar-refractivity contribution < 1.29 is 19.1 Å². The molecule has 1 aromatic heterocycles. The fourth-order valence-corrected chi connectivity index (χ4v) is 4.49. The van der Waals surface area contributed by atoms with Gasteiger partial charge >= 0.3 is 5.97 Å². The Morgan fingerprint density at radius 1 is 1.03 bits per heavy atom. The Bertz CT molecular complexity index is 1430. The predicted molar refractivity (Wildman–Crippen MR) is 132 cm³/mol. The largest absolute Gasteiger partial charge is 0.480 e. The van der Waals surface area contributed by atoms with Crippen LogP contribution in [0.3, 0.4) is 0 Å². The molecule has 1 atom stereocenters. The lowest BCUT2D eigenvalue weighted by molar-refractivity contribution is -0.139. The Balaban J connectivity index is 1.41. The molecule has 1 aliphatic rings. The number of carboxylic acids is 1. The van der Waals surface area contributed by atoms with Gasteiger partial charge in [-0.2, -0.15) is 0 Å². The molecule has 1 amide bonds. The van der Waals surface area contributed by atoms with Crippen molar-refractivity contribution in [2.45, 2.75) is 25.6 Å². The third kappa shape index (κ3) is 4.73. The highest BCUT2D eigenvalue weighted by Gasteiger charge is 2.28. The van der Waals surface area contributed by atoms with Crippen LogP contribution in [0, 0.1) is 5.82 Å². The van der Waals surface area contributed by atoms with Crippen LogP contribution >= 0.6 is 0 Å². The summed E-state index contributed by atoms with van der Waals surface area (Å²) in [5.74, 6) is -1.70. The van der Waals surface area contributed by atoms with Crippen LogP contribution in [0.4, 0.5) is 10.3 Å². The first-order valence-electron chi connectivity index (χ1n) is 11.5. The number of aliphatic carboxylic acids is 1. The van der Waals surface area contributed by atoms with Gasteiger partial charge in [0, 0.05) is 25.0 Å². The van der Waals surface area contributed by atoms with Gasteiger partial charge in [-0.1, -0.05) is 42.5 Å². The van der Waals surface area contributed by atoms with Crippen molar-refractivity contribution in [1.29, 1.82) is 0 Å². The van der Waals surface area contributed by atoms with Crippen molar-refractivity contribution in [1.82, 2.24) is 20.2 Å². The smallest absolute Gasteiger partial charge is 0.325 e. The lowest BCUT2D eigenvalue weighted by Crippen LogP contribution is -2.30. The molecule has 0 aliphatic carbocycles. The minimum absolute atomic E-state index is 0.0254. The highest BCUT2D eigenvalue weighted by molar-refractivity contribution is 6.05. The summed E-state index contributed by atoms with van der Waals surface area (Å²) < 4.78 is 13.1. The minimum atomic E-state index is -1.06. The van der Waals surface area contributed by atoms with Crippen LogP contribution in [0.15, 0.2) is 66.7 Å². The van der Waals surface area contributed by atoms with Crippen molar-refractivity contribution in [3.05, 3.63) is 100 Å². The summed E-state index contributed by atoms with van der Waals surface area (Å²) in [6.07, 6.45) is 0.524. The molecule has 8 nitrogen and oxygen atoms in total.